The highest BCUT2D eigenvalue weighted by Crippen LogP contribution is 2.07. The van der Waals surface area contributed by atoms with Crippen LogP contribution in [0.15, 0.2) is 0 Å². The first kappa shape index (κ1) is 17.0. The van der Waals surface area contributed by atoms with E-state index in [0.29, 0.717) is 0 Å². The number of rotatable bonds is 4. The number of carbonyl (C=O) groups is 4. The molecule has 0 rings (SSSR count). The predicted octanol–water partition coefficient (Wildman–Crippen LogP) is 0.378. The third kappa shape index (κ3) is 6.65. The minimum atomic E-state index is -0.348. The van der Waals surface area contributed by atoms with Gasteiger partial charge in [-0.15, -0.1) is 0 Å². The quantitative estimate of drug-likeness (QED) is 0.697. The Labute approximate surface area is 114 Å². The van der Waals surface area contributed by atoms with E-state index in [1.807, 2.05) is 0 Å². The van der Waals surface area contributed by atoms with Crippen molar-refractivity contribution in [3.05, 3.63) is 0 Å². The molecule has 102 valence electrons. The average Bonchev–Trinajstić information content (AvgIpc) is 2.30. The van der Waals surface area contributed by atoms with Gasteiger partial charge in [-0.1, -0.05) is 23.5 Å². The van der Waals surface area contributed by atoms with Gasteiger partial charge in [-0.25, -0.2) is 0 Å². The SMILES string of the molecule is CC(=O)SCC(=O)N(C)N(C)C(=O)CSC(C)=O. The standard InChI is InChI=1S/C10H16N2O4S2/c1-7(13)17-5-9(15)11(3)12(4)10(16)6-18-8(2)14/h5-6H2,1-4H3. The zero-order valence-corrected chi connectivity index (χ0v) is 12.4. The molecule has 0 heterocycles. The molecular formula is C10H16N2O4S2. The molecule has 0 aliphatic heterocycles. The van der Waals surface area contributed by atoms with Crippen molar-refractivity contribution in [3.8, 4) is 0 Å². The van der Waals surface area contributed by atoms with Crippen LogP contribution in [-0.4, -0.2) is 57.7 Å². The molecule has 0 bridgehead atoms. The van der Waals surface area contributed by atoms with Gasteiger partial charge in [0.25, 0.3) is 11.8 Å². The molecule has 0 unspecified atom stereocenters. The third-order valence-corrected chi connectivity index (χ3v) is 3.57. The van der Waals surface area contributed by atoms with Crippen LogP contribution in [0.2, 0.25) is 0 Å². The fourth-order valence-corrected chi connectivity index (χ4v) is 1.88. The van der Waals surface area contributed by atoms with Gasteiger partial charge in [0, 0.05) is 27.9 Å². The summed E-state index contributed by atoms with van der Waals surface area (Å²) in [4.78, 5) is 44.7. The summed E-state index contributed by atoms with van der Waals surface area (Å²) in [7, 11) is 2.89. The lowest BCUT2D eigenvalue weighted by molar-refractivity contribution is -0.154. The lowest BCUT2D eigenvalue weighted by atomic mass is 10.6. The van der Waals surface area contributed by atoms with Gasteiger partial charge in [0.05, 0.1) is 11.5 Å². The summed E-state index contributed by atoms with van der Waals surface area (Å²) in [5, 5.41) is 1.97. The summed E-state index contributed by atoms with van der Waals surface area (Å²) in [6.07, 6.45) is 0. The molecule has 0 aromatic rings. The van der Waals surface area contributed by atoms with Crippen molar-refractivity contribution in [3.63, 3.8) is 0 Å². The van der Waals surface area contributed by atoms with Gasteiger partial charge in [-0.3, -0.25) is 29.2 Å². The Morgan fingerprint density at radius 2 is 1.06 bits per heavy atom. The van der Waals surface area contributed by atoms with Crippen molar-refractivity contribution in [1.82, 2.24) is 10.0 Å². The van der Waals surface area contributed by atoms with Crippen LogP contribution in [0.1, 0.15) is 13.8 Å². The highest BCUT2D eigenvalue weighted by atomic mass is 32.2. The van der Waals surface area contributed by atoms with Crippen LogP contribution in [0.25, 0.3) is 0 Å². The Hall–Kier alpha value is -1.02. The molecule has 6 nitrogen and oxygen atoms in total. The van der Waals surface area contributed by atoms with Gasteiger partial charge >= 0.3 is 0 Å². The van der Waals surface area contributed by atoms with E-state index in [0.717, 1.165) is 33.5 Å². The van der Waals surface area contributed by atoms with E-state index in [4.69, 9.17) is 0 Å². The van der Waals surface area contributed by atoms with E-state index in [9.17, 15) is 19.2 Å². The molecule has 0 saturated heterocycles. The van der Waals surface area contributed by atoms with E-state index >= 15 is 0 Å². The van der Waals surface area contributed by atoms with Crippen LogP contribution in [-0.2, 0) is 19.2 Å². The molecule has 2 amide bonds. The Morgan fingerprint density at radius 1 is 0.778 bits per heavy atom. The molecule has 0 aromatic carbocycles. The lowest BCUT2D eigenvalue weighted by Crippen LogP contribution is -2.46. The van der Waals surface area contributed by atoms with Crippen molar-refractivity contribution >= 4 is 45.6 Å². The highest BCUT2D eigenvalue weighted by Gasteiger charge is 2.19. The van der Waals surface area contributed by atoms with Gasteiger partial charge in [0.2, 0.25) is 0 Å². The Kier molecular flexibility index (Phi) is 7.69. The molecule has 0 radical (unpaired) electrons. The molecule has 0 saturated carbocycles. The summed E-state index contributed by atoms with van der Waals surface area (Å²) in [5.41, 5.74) is 0. The van der Waals surface area contributed by atoms with Gasteiger partial charge in [0.1, 0.15) is 0 Å². The summed E-state index contributed by atoms with van der Waals surface area (Å²) < 4.78 is 0. The minimum absolute atomic E-state index is 0.0106. The van der Waals surface area contributed by atoms with Crippen LogP contribution in [0, 0.1) is 0 Å². The third-order valence-electron chi connectivity index (χ3n) is 1.97. The first-order chi connectivity index (χ1) is 8.25. The minimum Gasteiger partial charge on any atom is -0.288 e. The van der Waals surface area contributed by atoms with Crippen LogP contribution < -0.4 is 0 Å². The number of nitrogens with zero attached hydrogens (tertiary/aromatic N) is 2. The Balaban J connectivity index is 4.26. The molecule has 0 aromatic heterocycles. The maximum Gasteiger partial charge on any atom is 0.251 e. The predicted molar refractivity (Wildman–Crippen MR) is 71.8 cm³/mol. The molecule has 0 aliphatic carbocycles. The summed E-state index contributed by atoms with van der Waals surface area (Å²) >= 11 is 1.78. The van der Waals surface area contributed by atoms with E-state index in [1.54, 1.807) is 0 Å². The largest absolute Gasteiger partial charge is 0.288 e. The Morgan fingerprint density at radius 3 is 1.28 bits per heavy atom. The maximum absolute atomic E-state index is 11.6. The second kappa shape index (κ2) is 8.15. The number of amides is 2. The summed E-state index contributed by atoms with van der Waals surface area (Å²) in [6.45, 7) is 2.74. The van der Waals surface area contributed by atoms with Gasteiger partial charge in [-0.05, 0) is 0 Å². The normalized spacial score (nSPS) is 9.78. The molecule has 0 atom stereocenters. The van der Waals surface area contributed by atoms with Crippen LogP contribution in [0.3, 0.4) is 0 Å². The number of thioether (sulfide) groups is 2. The maximum atomic E-state index is 11.6. The zero-order chi connectivity index (χ0) is 14.3. The molecule has 18 heavy (non-hydrogen) atoms. The van der Waals surface area contributed by atoms with E-state index in [2.05, 4.69) is 0 Å². The molecule has 0 aliphatic rings. The van der Waals surface area contributed by atoms with Crippen LogP contribution in [0.4, 0.5) is 0 Å². The topological polar surface area (TPSA) is 74.8 Å². The van der Waals surface area contributed by atoms with Gasteiger partial charge in [-0.2, -0.15) is 0 Å². The second-order valence-electron chi connectivity index (χ2n) is 3.40. The van der Waals surface area contributed by atoms with Crippen LogP contribution in [0.5, 0.6) is 0 Å². The van der Waals surface area contributed by atoms with Crippen molar-refractivity contribution in [1.29, 1.82) is 0 Å². The molecular weight excluding hydrogens is 276 g/mol. The van der Waals surface area contributed by atoms with E-state index in [1.165, 1.54) is 27.9 Å². The molecule has 0 fully saturated rings. The Bertz CT molecular complexity index is 326. The lowest BCUT2D eigenvalue weighted by Gasteiger charge is -2.27. The first-order valence-corrected chi connectivity index (χ1v) is 7.02. The first-order valence-electron chi connectivity index (χ1n) is 5.05. The summed E-state index contributed by atoms with van der Waals surface area (Å²) in [6, 6.07) is 0. The highest BCUT2D eigenvalue weighted by molar-refractivity contribution is 8.14. The van der Waals surface area contributed by atoms with Crippen molar-refractivity contribution in [2.75, 3.05) is 25.6 Å². The number of hydrogen-bond acceptors (Lipinski definition) is 6. The molecule has 8 heteroatoms. The number of hydrogen-bond donors (Lipinski definition) is 0. The monoisotopic (exact) mass is 292 g/mol. The number of carbonyl (C=O) groups excluding carboxylic acids is 4. The molecule has 0 N–H and O–H groups in total. The molecule has 0 spiro atoms. The van der Waals surface area contributed by atoms with Crippen LogP contribution >= 0.6 is 23.5 Å². The fourth-order valence-electron chi connectivity index (χ4n) is 0.848. The number of hydrazine groups is 1. The van der Waals surface area contributed by atoms with Gasteiger partial charge < -0.3 is 0 Å². The smallest absolute Gasteiger partial charge is 0.251 e. The second-order valence-corrected chi connectivity index (χ2v) is 5.70. The summed E-state index contributed by atoms with van der Waals surface area (Å²) in [5.74, 6) is -0.718. The fraction of sp³-hybridized carbons (Fsp3) is 0.600. The van der Waals surface area contributed by atoms with Crippen molar-refractivity contribution in [2.24, 2.45) is 0 Å². The van der Waals surface area contributed by atoms with Crippen molar-refractivity contribution < 1.29 is 19.2 Å². The van der Waals surface area contributed by atoms with E-state index in [-0.39, 0.29) is 33.6 Å². The van der Waals surface area contributed by atoms with Crippen molar-refractivity contribution in [2.45, 2.75) is 13.8 Å². The average molecular weight is 292 g/mol. The van der Waals surface area contributed by atoms with E-state index < -0.39 is 0 Å². The zero-order valence-electron chi connectivity index (χ0n) is 10.8. The van der Waals surface area contributed by atoms with Gasteiger partial charge in [0.15, 0.2) is 10.2 Å².